The van der Waals surface area contributed by atoms with Gasteiger partial charge in [0.05, 0.1) is 0 Å². The van der Waals surface area contributed by atoms with Gasteiger partial charge in [-0.2, -0.15) is 0 Å². The van der Waals surface area contributed by atoms with Gasteiger partial charge < -0.3 is 9.88 Å². The molecule has 1 unspecified atom stereocenters. The minimum absolute atomic E-state index is 0.443. The maximum absolute atomic E-state index is 4.44. The molecule has 1 heterocycles. The van der Waals surface area contributed by atoms with E-state index in [0.29, 0.717) is 6.04 Å². The van der Waals surface area contributed by atoms with Gasteiger partial charge in [-0.3, -0.25) is 0 Å². The molecule has 3 nitrogen and oxygen atoms in total. The van der Waals surface area contributed by atoms with E-state index >= 15 is 0 Å². The van der Waals surface area contributed by atoms with E-state index in [1.54, 1.807) is 0 Å². The van der Waals surface area contributed by atoms with Gasteiger partial charge in [0.1, 0.15) is 5.82 Å². The molecule has 0 fully saturated rings. The summed E-state index contributed by atoms with van der Waals surface area (Å²) in [6.07, 6.45) is 4.90. The highest BCUT2D eigenvalue weighted by Crippen LogP contribution is 2.18. The van der Waals surface area contributed by atoms with Gasteiger partial charge in [0.2, 0.25) is 0 Å². The molecular weight excluding hydrogens is 254 g/mol. The lowest BCUT2D eigenvalue weighted by atomic mass is 10.2. The summed E-state index contributed by atoms with van der Waals surface area (Å²) in [6, 6.07) is 11.0. The van der Waals surface area contributed by atoms with Crippen molar-refractivity contribution >= 4 is 11.8 Å². The van der Waals surface area contributed by atoms with Crippen molar-refractivity contribution in [2.24, 2.45) is 0 Å². The first-order chi connectivity index (χ1) is 9.33. The monoisotopic (exact) mass is 275 g/mol. The van der Waals surface area contributed by atoms with Crippen molar-refractivity contribution in [1.29, 1.82) is 0 Å². The lowest BCUT2D eigenvalue weighted by Gasteiger charge is -2.16. The first-order valence-electron chi connectivity index (χ1n) is 6.68. The van der Waals surface area contributed by atoms with Crippen LogP contribution in [0.25, 0.3) is 0 Å². The predicted octanol–water partition coefficient (Wildman–Crippen LogP) is 2.83. The number of rotatable bonds is 7. The second kappa shape index (κ2) is 7.36. The Balaban J connectivity index is 1.90. The molecule has 0 saturated carbocycles. The number of imidazole rings is 1. The highest BCUT2D eigenvalue weighted by atomic mass is 32.2. The first kappa shape index (κ1) is 14.2. The van der Waals surface area contributed by atoms with Crippen LogP contribution in [0.3, 0.4) is 0 Å². The summed E-state index contributed by atoms with van der Waals surface area (Å²) in [5, 5.41) is 3.39. The zero-order valence-electron chi connectivity index (χ0n) is 11.5. The van der Waals surface area contributed by atoms with Gasteiger partial charge in [-0.1, -0.05) is 18.2 Å². The normalized spacial score (nSPS) is 12.5. The van der Waals surface area contributed by atoms with E-state index in [1.165, 1.54) is 4.90 Å². The second-order valence-electron chi connectivity index (χ2n) is 4.44. The molecule has 19 heavy (non-hydrogen) atoms. The summed E-state index contributed by atoms with van der Waals surface area (Å²) < 4.78 is 2.21. The molecule has 2 aromatic rings. The van der Waals surface area contributed by atoms with Crippen LogP contribution in [0.15, 0.2) is 47.6 Å². The highest BCUT2D eigenvalue weighted by molar-refractivity contribution is 7.99. The Morgan fingerprint density at radius 3 is 2.79 bits per heavy atom. The van der Waals surface area contributed by atoms with Gasteiger partial charge in [0.15, 0.2) is 0 Å². The summed E-state index contributed by atoms with van der Waals surface area (Å²) in [6.45, 7) is 3.13. The molecule has 0 bridgehead atoms. The van der Waals surface area contributed by atoms with Crippen LogP contribution in [0.1, 0.15) is 12.7 Å². The Hall–Kier alpha value is -1.26. The SMILES string of the molecule is CCn1ccnc1CC(CSc1ccccc1)NC. The van der Waals surface area contributed by atoms with E-state index in [2.05, 4.69) is 52.1 Å². The Morgan fingerprint density at radius 1 is 1.32 bits per heavy atom. The number of aryl methyl sites for hydroxylation is 1. The number of benzene rings is 1. The van der Waals surface area contributed by atoms with E-state index < -0.39 is 0 Å². The fraction of sp³-hybridized carbons (Fsp3) is 0.400. The molecule has 0 spiro atoms. The molecule has 1 atom stereocenters. The Morgan fingerprint density at radius 2 is 2.11 bits per heavy atom. The van der Waals surface area contributed by atoms with Crippen LogP contribution in [0, 0.1) is 0 Å². The largest absolute Gasteiger partial charge is 0.335 e. The molecule has 1 N–H and O–H groups in total. The fourth-order valence-electron chi connectivity index (χ4n) is 2.00. The van der Waals surface area contributed by atoms with E-state index in [0.717, 1.165) is 24.5 Å². The van der Waals surface area contributed by atoms with Crippen LogP contribution < -0.4 is 5.32 Å². The molecular formula is C15H21N3S. The standard InChI is InChI=1S/C15H21N3S/c1-3-18-10-9-17-15(18)11-13(16-2)12-19-14-7-5-4-6-8-14/h4-10,13,16H,3,11-12H2,1-2H3. The van der Waals surface area contributed by atoms with Crippen molar-refractivity contribution in [2.45, 2.75) is 30.8 Å². The van der Waals surface area contributed by atoms with Crippen LogP contribution >= 0.6 is 11.8 Å². The lowest BCUT2D eigenvalue weighted by molar-refractivity contribution is 0.573. The smallest absolute Gasteiger partial charge is 0.110 e. The number of thioether (sulfide) groups is 1. The maximum Gasteiger partial charge on any atom is 0.110 e. The molecule has 0 saturated heterocycles. The number of likely N-dealkylation sites (N-methyl/N-ethyl adjacent to an activating group) is 1. The van der Waals surface area contributed by atoms with E-state index in [9.17, 15) is 0 Å². The summed E-state index contributed by atoms with van der Waals surface area (Å²) in [5.41, 5.74) is 0. The topological polar surface area (TPSA) is 29.9 Å². The molecule has 0 radical (unpaired) electrons. The Labute approximate surface area is 119 Å². The van der Waals surface area contributed by atoms with Crippen LogP contribution in [0.4, 0.5) is 0 Å². The molecule has 0 aliphatic heterocycles. The number of aromatic nitrogens is 2. The average Bonchev–Trinajstić information content (AvgIpc) is 2.91. The van der Waals surface area contributed by atoms with Crippen molar-refractivity contribution < 1.29 is 0 Å². The second-order valence-corrected chi connectivity index (χ2v) is 5.54. The van der Waals surface area contributed by atoms with Crippen molar-refractivity contribution in [3.63, 3.8) is 0 Å². The number of nitrogens with one attached hydrogen (secondary N) is 1. The van der Waals surface area contributed by atoms with Crippen LogP contribution in [-0.2, 0) is 13.0 Å². The molecule has 1 aromatic carbocycles. The molecule has 102 valence electrons. The zero-order chi connectivity index (χ0) is 13.5. The molecule has 4 heteroatoms. The van der Waals surface area contributed by atoms with Crippen molar-refractivity contribution in [1.82, 2.24) is 14.9 Å². The summed E-state index contributed by atoms with van der Waals surface area (Å²) in [7, 11) is 2.02. The summed E-state index contributed by atoms with van der Waals surface area (Å²) in [5.74, 6) is 2.22. The highest BCUT2D eigenvalue weighted by Gasteiger charge is 2.11. The molecule has 0 aliphatic rings. The van der Waals surface area contributed by atoms with E-state index in [1.807, 2.05) is 31.2 Å². The van der Waals surface area contributed by atoms with E-state index in [4.69, 9.17) is 0 Å². The molecule has 1 aromatic heterocycles. The summed E-state index contributed by atoms with van der Waals surface area (Å²) in [4.78, 5) is 5.76. The zero-order valence-corrected chi connectivity index (χ0v) is 12.4. The third-order valence-electron chi connectivity index (χ3n) is 3.17. The van der Waals surface area contributed by atoms with E-state index in [-0.39, 0.29) is 0 Å². The molecule has 0 amide bonds. The lowest BCUT2D eigenvalue weighted by Crippen LogP contribution is -2.31. The van der Waals surface area contributed by atoms with Crippen LogP contribution in [0.5, 0.6) is 0 Å². The van der Waals surface area contributed by atoms with Crippen molar-refractivity contribution in [2.75, 3.05) is 12.8 Å². The van der Waals surface area contributed by atoms with Gasteiger partial charge in [0, 0.05) is 42.0 Å². The van der Waals surface area contributed by atoms with Crippen molar-refractivity contribution in [3.05, 3.63) is 48.5 Å². The Bertz CT molecular complexity index is 481. The summed E-state index contributed by atoms with van der Waals surface area (Å²) >= 11 is 1.89. The van der Waals surface area contributed by atoms with Crippen molar-refractivity contribution in [3.8, 4) is 0 Å². The number of nitrogens with zero attached hydrogens (tertiary/aromatic N) is 2. The van der Waals surface area contributed by atoms with Crippen LogP contribution in [0.2, 0.25) is 0 Å². The van der Waals surface area contributed by atoms with Crippen LogP contribution in [-0.4, -0.2) is 28.4 Å². The first-order valence-corrected chi connectivity index (χ1v) is 7.67. The minimum atomic E-state index is 0.443. The Kier molecular flexibility index (Phi) is 5.48. The third kappa shape index (κ3) is 4.11. The number of hydrogen-bond donors (Lipinski definition) is 1. The minimum Gasteiger partial charge on any atom is -0.335 e. The number of hydrogen-bond acceptors (Lipinski definition) is 3. The third-order valence-corrected chi connectivity index (χ3v) is 4.35. The molecule has 0 aliphatic carbocycles. The van der Waals surface area contributed by atoms with Gasteiger partial charge in [0.25, 0.3) is 0 Å². The maximum atomic E-state index is 4.44. The van der Waals surface area contributed by atoms with Gasteiger partial charge in [-0.05, 0) is 26.1 Å². The van der Waals surface area contributed by atoms with Gasteiger partial charge in [-0.25, -0.2) is 4.98 Å². The predicted molar refractivity (Wildman–Crippen MR) is 81.6 cm³/mol. The average molecular weight is 275 g/mol. The van der Waals surface area contributed by atoms with Gasteiger partial charge >= 0.3 is 0 Å². The fourth-order valence-corrected chi connectivity index (χ4v) is 3.02. The quantitative estimate of drug-likeness (QED) is 0.788. The van der Waals surface area contributed by atoms with Gasteiger partial charge in [-0.15, -0.1) is 11.8 Å². The molecule has 2 rings (SSSR count).